The van der Waals surface area contributed by atoms with Gasteiger partial charge in [0.1, 0.15) is 6.10 Å². The Morgan fingerprint density at radius 2 is 1.61 bits per heavy atom. The number of hydrogen-bond acceptors (Lipinski definition) is 6. The first kappa shape index (κ1) is 33.0. The number of ether oxygens (including phenoxy) is 1. The molecule has 206 valence electrons. The van der Waals surface area contributed by atoms with Crippen molar-refractivity contribution in [2.24, 2.45) is 0 Å². The average Bonchev–Trinajstić information content (AvgIpc) is 2.87. The normalized spacial score (nSPS) is 15.3. The Bertz CT molecular complexity index is 719. The van der Waals surface area contributed by atoms with Gasteiger partial charge in [-0.05, 0) is 66.6 Å². The second-order valence-corrected chi connectivity index (χ2v) is 12.1. The summed E-state index contributed by atoms with van der Waals surface area (Å²) in [4.78, 5) is 11.3. The van der Waals surface area contributed by atoms with Gasteiger partial charge in [0.2, 0.25) is 0 Å². The predicted molar refractivity (Wildman–Crippen MR) is 150 cm³/mol. The zero-order chi connectivity index (χ0) is 26.7. The van der Waals surface area contributed by atoms with Crippen molar-refractivity contribution in [3.63, 3.8) is 0 Å². The summed E-state index contributed by atoms with van der Waals surface area (Å²) in [5, 5.41) is 19.2. The number of aliphatic carboxylic acids is 1. The van der Waals surface area contributed by atoms with E-state index in [-0.39, 0.29) is 6.61 Å². The summed E-state index contributed by atoms with van der Waals surface area (Å²) in [6.45, 7) is 5.78. The first-order chi connectivity index (χ1) is 17.3. The zero-order valence-corrected chi connectivity index (χ0v) is 24.2. The molecule has 6 nitrogen and oxygen atoms in total. The fourth-order valence-corrected chi connectivity index (χ4v) is 6.04. The van der Waals surface area contributed by atoms with E-state index < -0.39 is 25.6 Å². The second-order valence-electron chi connectivity index (χ2n) is 9.50. The molecule has 2 N–H and O–H groups in total. The van der Waals surface area contributed by atoms with Crippen LogP contribution in [0, 0.1) is 0 Å². The van der Waals surface area contributed by atoms with E-state index in [9.17, 15) is 14.5 Å². The third-order valence-corrected chi connectivity index (χ3v) is 8.71. The zero-order valence-electron chi connectivity index (χ0n) is 22.5. The largest absolute Gasteiger partial charge is 0.589 e. The Morgan fingerprint density at radius 3 is 2.25 bits per heavy atom. The van der Waals surface area contributed by atoms with Gasteiger partial charge in [0.15, 0.2) is 0 Å². The number of carboxylic acids is 1. The molecule has 0 saturated carbocycles. The van der Waals surface area contributed by atoms with E-state index in [4.69, 9.17) is 14.4 Å². The van der Waals surface area contributed by atoms with Gasteiger partial charge in [0, 0.05) is 0 Å². The lowest BCUT2D eigenvalue weighted by atomic mass is 9.91. The number of thioether (sulfide) groups is 1. The van der Waals surface area contributed by atoms with Crippen LogP contribution in [0.1, 0.15) is 109 Å². The Labute approximate surface area is 223 Å². The lowest BCUT2D eigenvalue weighted by Crippen LogP contribution is -2.39. The average molecular weight is 544 g/mol. The number of unbranched alkanes of at least 4 members (excludes halogenated alkanes) is 6. The van der Waals surface area contributed by atoms with Crippen LogP contribution in [-0.2, 0) is 18.6 Å². The molecule has 0 fully saturated rings. The highest BCUT2D eigenvalue weighted by molar-refractivity contribution is 7.99. The van der Waals surface area contributed by atoms with E-state index in [2.05, 4.69) is 49.0 Å². The second kappa shape index (κ2) is 20.0. The number of carbonyl (C=O) groups is 1. The lowest BCUT2D eigenvalue weighted by Gasteiger charge is -2.17. The maximum Gasteiger partial charge on any atom is 0.589 e. The van der Waals surface area contributed by atoms with Gasteiger partial charge < -0.3 is 10.2 Å². The summed E-state index contributed by atoms with van der Waals surface area (Å²) in [7, 11) is -2.89. The molecule has 0 amide bonds. The highest BCUT2D eigenvalue weighted by atomic mass is 32.2. The number of carboxylic acid groups (broad SMARTS) is 1. The van der Waals surface area contributed by atoms with Gasteiger partial charge in [-0.2, -0.15) is 11.8 Å². The minimum absolute atomic E-state index is 0.00666. The van der Waals surface area contributed by atoms with Crippen LogP contribution in [0.15, 0.2) is 30.3 Å². The third kappa shape index (κ3) is 13.5. The van der Waals surface area contributed by atoms with Gasteiger partial charge in [0.05, 0.1) is 6.61 Å². The van der Waals surface area contributed by atoms with Crippen molar-refractivity contribution in [3.05, 3.63) is 35.9 Å². The van der Waals surface area contributed by atoms with Gasteiger partial charge in [-0.1, -0.05) is 89.1 Å². The smallest absolute Gasteiger partial charge is 0.474 e. The number of rotatable bonds is 23. The fourth-order valence-electron chi connectivity index (χ4n) is 4.05. The number of aliphatic hydroxyl groups is 1. The highest BCUT2D eigenvalue weighted by Gasteiger charge is 2.60. The van der Waals surface area contributed by atoms with Crippen LogP contribution >= 0.6 is 19.8 Å². The Hall–Kier alpha value is -0.980. The van der Waals surface area contributed by atoms with Crippen LogP contribution in [0.2, 0.25) is 0 Å². The first-order valence-corrected chi connectivity index (χ1v) is 16.0. The fraction of sp³-hybridized carbons (Fsp3) is 0.750. The quantitative estimate of drug-likeness (QED) is 0.0818. The topological polar surface area (TPSA) is 93.1 Å². The van der Waals surface area contributed by atoms with E-state index in [1.54, 1.807) is 13.8 Å². The van der Waals surface area contributed by atoms with Gasteiger partial charge in [-0.15, -0.1) is 4.52 Å². The lowest BCUT2D eigenvalue weighted by molar-refractivity contribution is -0.192. The molecule has 4 atom stereocenters. The van der Waals surface area contributed by atoms with Gasteiger partial charge in [-0.3, -0.25) is 4.74 Å². The van der Waals surface area contributed by atoms with Crippen LogP contribution in [0.3, 0.4) is 0 Å². The van der Waals surface area contributed by atoms with Crippen molar-refractivity contribution in [1.82, 2.24) is 0 Å². The van der Waals surface area contributed by atoms with Crippen LogP contribution in [0.25, 0.3) is 0 Å². The first-order valence-electron chi connectivity index (χ1n) is 13.7. The molecule has 4 unspecified atom stereocenters. The molecule has 0 radical (unpaired) electrons. The summed E-state index contributed by atoms with van der Waals surface area (Å²) < 4.78 is 22.4. The molecule has 36 heavy (non-hydrogen) atoms. The molecule has 1 aromatic carbocycles. The van der Waals surface area contributed by atoms with Gasteiger partial charge >= 0.3 is 19.5 Å². The van der Waals surface area contributed by atoms with E-state index in [1.807, 2.05) is 0 Å². The van der Waals surface area contributed by atoms with Crippen molar-refractivity contribution < 1.29 is 28.8 Å². The Morgan fingerprint density at radius 1 is 0.944 bits per heavy atom. The standard InChI is InChI=1S/C28H47O6PS/c1-4-6-17-26(25-18-13-11-14-19-25)20-23-36-22-15-10-8-7-9-12-16-24(3)34-35(32)28(31,27(29)30)33-21-5-2/h11,13-14,18-19,24,26,31H,4-10,12,15-17,20-23H2,1-3H3/p+1. The molecule has 0 saturated heterocycles. The summed E-state index contributed by atoms with van der Waals surface area (Å²) in [5.41, 5.74) is -1.30. The molecular formula is C28H48O6PS+. The van der Waals surface area contributed by atoms with E-state index >= 15 is 0 Å². The highest BCUT2D eigenvalue weighted by Crippen LogP contribution is 2.41. The van der Waals surface area contributed by atoms with Crippen molar-refractivity contribution in [1.29, 1.82) is 0 Å². The molecular weight excluding hydrogens is 495 g/mol. The van der Waals surface area contributed by atoms with Crippen molar-refractivity contribution in [3.8, 4) is 0 Å². The van der Waals surface area contributed by atoms with Crippen LogP contribution in [0.5, 0.6) is 0 Å². The number of benzene rings is 1. The summed E-state index contributed by atoms with van der Waals surface area (Å²) in [6, 6.07) is 10.9. The number of hydrogen-bond donors (Lipinski definition) is 2. The minimum atomic E-state index is -2.89. The summed E-state index contributed by atoms with van der Waals surface area (Å²) in [6.07, 6.45) is 12.7. The molecule has 8 heteroatoms. The van der Waals surface area contributed by atoms with Gasteiger partial charge in [0.25, 0.3) is 0 Å². The van der Waals surface area contributed by atoms with E-state index in [0.29, 0.717) is 18.8 Å². The Kier molecular flexibility index (Phi) is 18.4. The predicted octanol–water partition coefficient (Wildman–Crippen LogP) is 8.12. The maximum absolute atomic E-state index is 12.2. The summed E-state index contributed by atoms with van der Waals surface area (Å²) >= 11 is 2.08. The molecule has 0 heterocycles. The molecule has 0 aliphatic rings. The van der Waals surface area contributed by atoms with Crippen molar-refractivity contribution in [2.45, 2.75) is 115 Å². The van der Waals surface area contributed by atoms with Crippen molar-refractivity contribution >= 4 is 25.8 Å². The Balaban J connectivity index is 2.10. The summed E-state index contributed by atoms with van der Waals surface area (Å²) in [5.74, 6) is 1.45. The van der Waals surface area contributed by atoms with Crippen LogP contribution < -0.4 is 0 Å². The minimum Gasteiger partial charge on any atom is -0.474 e. The maximum atomic E-state index is 12.2. The monoisotopic (exact) mass is 543 g/mol. The third-order valence-electron chi connectivity index (χ3n) is 6.25. The molecule has 1 rings (SSSR count). The molecule has 0 spiro atoms. The van der Waals surface area contributed by atoms with E-state index in [1.165, 1.54) is 62.0 Å². The van der Waals surface area contributed by atoms with E-state index in [0.717, 1.165) is 19.3 Å². The van der Waals surface area contributed by atoms with Gasteiger partial charge in [-0.25, -0.2) is 4.79 Å². The molecule has 0 aliphatic carbocycles. The van der Waals surface area contributed by atoms with Crippen LogP contribution in [-0.4, -0.2) is 45.9 Å². The van der Waals surface area contributed by atoms with Crippen molar-refractivity contribution in [2.75, 3.05) is 18.1 Å². The molecule has 1 aromatic rings. The molecule has 0 aliphatic heterocycles. The molecule has 0 aromatic heterocycles. The molecule has 0 bridgehead atoms. The van der Waals surface area contributed by atoms with Crippen LogP contribution in [0.4, 0.5) is 0 Å². The SMILES string of the molecule is CCCCC(CCSCCCCCCCCC(C)O[P+](=O)C(O)(OCCC)C(=O)O)c1ccccc1.